The Morgan fingerprint density at radius 3 is 2.44 bits per heavy atom. The van der Waals surface area contributed by atoms with Gasteiger partial charge in [0.1, 0.15) is 4.90 Å². The van der Waals surface area contributed by atoms with Gasteiger partial charge in [0, 0.05) is 45.6 Å². The second-order valence-electron chi connectivity index (χ2n) is 5.52. The van der Waals surface area contributed by atoms with E-state index in [0.717, 1.165) is 4.31 Å². The van der Waals surface area contributed by atoms with Gasteiger partial charge in [-0.3, -0.25) is 9.78 Å². The van der Waals surface area contributed by atoms with Crippen LogP contribution in [0.15, 0.2) is 29.4 Å². The topological polar surface area (TPSA) is 100 Å². The molecule has 1 saturated heterocycles. The Morgan fingerprint density at radius 1 is 1.24 bits per heavy atom. The van der Waals surface area contributed by atoms with E-state index in [1.54, 1.807) is 11.8 Å². The summed E-state index contributed by atoms with van der Waals surface area (Å²) in [5.74, 6) is -0.307. The lowest BCUT2D eigenvalue weighted by Gasteiger charge is -2.34. The van der Waals surface area contributed by atoms with Crippen LogP contribution in [0.5, 0.6) is 0 Å². The number of hydrogen-bond donors (Lipinski definition) is 0. The minimum Gasteiger partial charge on any atom is -0.450 e. The van der Waals surface area contributed by atoms with Crippen molar-refractivity contribution in [2.75, 3.05) is 46.4 Å². The van der Waals surface area contributed by atoms with Crippen LogP contribution in [0, 0.1) is 0 Å². The highest BCUT2D eigenvalue weighted by Crippen LogP contribution is 2.13. The second kappa shape index (κ2) is 8.26. The van der Waals surface area contributed by atoms with Gasteiger partial charge < -0.3 is 14.5 Å². The summed E-state index contributed by atoms with van der Waals surface area (Å²) >= 11 is 0. The van der Waals surface area contributed by atoms with Crippen LogP contribution in [0.2, 0.25) is 0 Å². The van der Waals surface area contributed by atoms with Crippen molar-refractivity contribution in [2.45, 2.75) is 11.8 Å². The van der Waals surface area contributed by atoms with Crippen LogP contribution >= 0.6 is 0 Å². The summed E-state index contributed by atoms with van der Waals surface area (Å²) in [7, 11) is -2.41. The molecule has 1 aliphatic rings. The number of likely N-dealkylation sites (N-methyl/N-ethyl adjacent to an activating group) is 1. The molecule has 138 valence electrons. The van der Waals surface area contributed by atoms with E-state index in [0.29, 0.717) is 32.8 Å². The number of hydrogen-bond acceptors (Lipinski definition) is 6. The van der Waals surface area contributed by atoms with Crippen molar-refractivity contribution < 1.29 is 22.7 Å². The number of amides is 2. The molecule has 2 rings (SSSR count). The third-order valence-electron chi connectivity index (χ3n) is 3.86. The second-order valence-corrected chi connectivity index (χ2v) is 7.56. The summed E-state index contributed by atoms with van der Waals surface area (Å²) in [6, 6.07) is 2.96. The quantitative estimate of drug-likeness (QED) is 0.723. The van der Waals surface area contributed by atoms with Crippen molar-refractivity contribution in [3.63, 3.8) is 0 Å². The maximum atomic E-state index is 12.4. The van der Waals surface area contributed by atoms with Gasteiger partial charge in [-0.1, -0.05) is 0 Å². The van der Waals surface area contributed by atoms with E-state index in [4.69, 9.17) is 4.74 Å². The van der Waals surface area contributed by atoms with Gasteiger partial charge in [0.25, 0.3) is 0 Å². The van der Waals surface area contributed by atoms with E-state index >= 15 is 0 Å². The van der Waals surface area contributed by atoms with Gasteiger partial charge in [-0.25, -0.2) is 13.2 Å². The van der Waals surface area contributed by atoms with Crippen molar-refractivity contribution in [1.29, 1.82) is 0 Å². The van der Waals surface area contributed by atoms with Crippen molar-refractivity contribution in [2.24, 2.45) is 0 Å². The molecule has 2 amide bonds. The maximum absolute atomic E-state index is 12.4. The van der Waals surface area contributed by atoms with E-state index < -0.39 is 16.1 Å². The molecule has 0 spiro atoms. The van der Waals surface area contributed by atoms with E-state index in [1.165, 1.54) is 36.5 Å². The van der Waals surface area contributed by atoms with Gasteiger partial charge >= 0.3 is 6.09 Å². The lowest BCUT2D eigenvalue weighted by Crippen LogP contribution is -2.52. The number of sulfonamides is 1. The van der Waals surface area contributed by atoms with Gasteiger partial charge in [0.15, 0.2) is 0 Å². The molecule has 25 heavy (non-hydrogen) atoms. The number of pyridine rings is 1. The standard InChI is InChI=1S/C15H22N4O5S/c1-3-24-15(21)19-9-7-18(8-10-19)14(20)12-17(2)25(22,23)13-5-4-6-16-11-13/h4-6,11H,3,7-10,12H2,1-2H3. The van der Waals surface area contributed by atoms with Crippen LogP contribution in [-0.2, 0) is 19.6 Å². The predicted octanol–water partition coefficient (Wildman–Crippen LogP) is 0.00280. The highest BCUT2D eigenvalue weighted by atomic mass is 32.2. The Morgan fingerprint density at radius 2 is 1.88 bits per heavy atom. The summed E-state index contributed by atoms with van der Waals surface area (Å²) < 4.78 is 30.7. The number of carbonyl (C=O) groups is 2. The number of ether oxygens (including phenoxy) is 1. The molecule has 2 heterocycles. The number of carbonyl (C=O) groups excluding carboxylic acids is 2. The summed E-state index contributed by atoms with van der Waals surface area (Å²) in [6.45, 7) is 3.19. The van der Waals surface area contributed by atoms with Crippen LogP contribution in [0.25, 0.3) is 0 Å². The molecule has 0 saturated carbocycles. The van der Waals surface area contributed by atoms with Gasteiger partial charge in [0.05, 0.1) is 13.2 Å². The number of aromatic nitrogens is 1. The molecule has 0 N–H and O–H groups in total. The van der Waals surface area contributed by atoms with Crippen molar-refractivity contribution in [1.82, 2.24) is 19.1 Å². The van der Waals surface area contributed by atoms with Crippen LogP contribution in [0.4, 0.5) is 4.79 Å². The molecule has 0 radical (unpaired) electrons. The SMILES string of the molecule is CCOC(=O)N1CCN(C(=O)CN(C)S(=O)(=O)c2cccnc2)CC1. The first-order valence-corrected chi connectivity index (χ1v) is 9.36. The van der Waals surface area contributed by atoms with Gasteiger partial charge in [-0.15, -0.1) is 0 Å². The lowest BCUT2D eigenvalue weighted by molar-refractivity contribution is -0.132. The van der Waals surface area contributed by atoms with Crippen LogP contribution in [-0.4, -0.2) is 85.9 Å². The molecule has 9 nitrogen and oxygen atoms in total. The normalized spacial score (nSPS) is 15.3. The fourth-order valence-electron chi connectivity index (χ4n) is 2.41. The number of piperazine rings is 1. The first-order valence-electron chi connectivity index (χ1n) is 7.92. The van der Waals surface area contributed by atoms with Crippen LogP contribution in [0.1, 0.15) is 6.92 Å². The van der Waals surface area contributed by atoms with Crippen LogP contribution in [0.3, 0.4) is 0 Å². The number of rotatable bonds is 5. The average molecular weight is 370 g/mol. The first-order chi connectivity index (χ1) is 11.9. The Labute approximate surface area is 147 Å². The Hall–Kier alpha value is -2.20. The van der Waals surface area contributed by atoms with E-state index in [-0.39, 0.29) is 17.3 Å². The minimum absolute atomic E-state index is 0.0393. The predicted molar refractivity (Wildman–Crippen MR) is 89.2 cm³/mol. The molecule has 1 fully saturated rings. The smallest absolute Gasteiger partial charge is 0.409 e. The zero-order valence-corrected chi connectivity index (χ0v) is 15.1. The molecule has 1 aromatic heterocycles. The van der Waals surface area contributed by atoms with Gasteiger partial charge in [-0.05, 0) is 19.1 Å². The largest absolute Gasteiger partial charge is 0.450 e. The zero-order chi connectivity index (χ0) is 18.4. The first kappa shape index (κ1) is 19.1. The summed E-state index contributed by atoms with van der Waals surface area (Å²) in [6.07, 6.45) is 2.33. The van der Waals surface area contributed by atoms with Gasteiger partial charge in [-0.2, -0.15) is 4.31 Å². The molecule has 0 unspecified atom stereocenters. The molecule has 1 aliphatic heterocycles. The van der Waals surface area contributed by atoms with Crippen molar-refractivity contribution in [3.8, 4) is 0 Å². The highest BCUT2D eigenvalue weighted by molar-refractivity contribution is 7.89. The molecular weight excluding hydrogens is 348 g/mol. The molecule has 1 aromatic rings. The molecular formula is C15H22N4O5S. The Balaban J connectivity index is 1.91. The average Bonchev–Trinajstić information content (AvgIpc) is 2.62. The summed E-state index contributed by atoms with van der Waals surface area (Å²) in [4.78, 5) is 30.9. The lowest BCUT2D eigenvalue weighted by atomic mass is 10.3. The Kier molecular flexibility index (Phi) is 6.32. The van der Waals surface area contributed by atoms with Gasteiger partial charge in [0.2, 0.25) is 15.9 Å². The van der Waals surface area contributed by atoms with E-state index in [9.17, 15) is 18.0 Å². The highest BCUT2D eigenvalue weighted by Gasteiger charge is 2.28. The molecule has 0 aromatic carbocycles. The van der Waals surface area contributed by atoms with Crippen molar-refractivity contribution in [3.05, 3.63) is 24.5 Å². The fourth-order valence-corrected chi connectivity index (χ4v) is 3.49. The molecule has 0 atom stereocenters. The van der Waals surface area contributed by atoms with E-state index in [2.05, 4.69) is 4.98 Å². The zero-order valence-electron chi connectivity index (χ0n) is 14.3. The third-order valence-corrected chi connectivity index (χ3v) is 5.65. The van der Waals surface area contributed by atoms with E-state index in [1.807, 2.05) is 0 Å². The molecule has 10 heteroatoms. The van der Waals surface area contributed by atoms with Crippen LogP contribution < -0.4 is 0 Å². The monoisotopic (exact) mass is 370 g/mol. The van der Waals surface area contributed by atoms with Crippen molar-refractivity contribution >= 4 is 22.0 Å². The third kappa shape index (κ3) is 4.67. The maximum Gasteiger partial charge on any atom is 0.409 e. The fraction of sp³-hybridized carbons (Fsp3) is 0.533. The minimum atomic E-state index is -3.77. The Bertz CT molecular complexity index is 702. The summed E-state index contributed by atoms with van der Waals surface area (Å²) in [5, 5.41) is 0. The molecule has 0 bridgehead atoms. The number of nitrogens with zero attached hydrogens (tertiary/aromatic N) is 4. The molecule has 0 aliphatic carbocycles. The summed E-state index contributed by atoms with van der Waals surface area (Å²) in [5.41, 5.74) is 0.